The van der Waals surface area contributed by atoms with Crippen molar-refractivity contribution in [3.63, 3.8) is 0 Å². The molecule has 3 aliphatic rings. The van der Waals surface area contributed by atoms with E-state index in [4.69, 9.17) is 6.57 Å². The van der Waals surface area contributed by atoms with Crippen LogP contribution in [0.3, 0.4) is 0 Å². The molecule has 3 N–H and O–H groups in total. The summed E-state index contributed by atoms with van der Waals surface area (Å²) < 4.78 is 18.9. The third-order valence-electron chi connectivity index (χ3n) is 5.71. The Bertz CT molecular complexity index is 953. The molecule has 1 aliphatic heterocycles. The second-order valence-electron chi connectivity index (χ2n) is 7.57. The first-order chi connectivity index (χ1) is 13.6. The summed E-state index contributed by atoms with van der Waals surface area (Å²) in [6.07, 6.45) is 9.90. The minimum atomic E-state index is -3.29. The SMILES string of the molecule is Cl.[C-]#[N+]N=S(=O)(/C=C/[C@H]1CCCN1)NC(=O)Nc1c2c(cc3c1CCC3)CCC2. The molecule has 1 unspecified atom stereocenters. The number of aryl methyl sites for hydroxylation is 2. The molecule has 156 valence electrons. The van der Waals surface area contributed by atoms with E-state index in [0.717, 1.165) is 63.6 Å². The molecule has 0 spiro atoms. The molecule has 2 amide bonds. The lowest BCUT2D eigenvalue weighted by atomic mass is 9.99. The van der Waals surface area contributed by atoms with Crippen LogP contribution in [0.25, 0.3) is 4.95 Å². The van der Waals surface area contributed by atoms with Gasteiger partial charge < -0.3 is 10.6 Å². The predicted molar refractivity (Wildman–Crippen MR) is 117 cm³/mol. The maximum atomic E-state index is 12.9. The lowest BCUT2D eigenvalue weighted by molar-refractivity contribution is 0.257. The third kappa shape index (κ3) is 4.74. The summed E-state index contributed by atoms with van der Waals surface area (Å²) in [5.74, 6) is 0. The van der Waals surface area contributed by atoms with Gasteiger partial charge in [-0.25, -0.2) is 13.7 Å². The second kappa shape index (κ2) is 9.16. The predicted octanol–water partition coefficient (Wildman–Crippen LogP) is 3.69. The van der Waals surface area contributed by atoms with Crippen molar-refractivity contribution in [3.05, 3.63) is 51.3 Å². The fourth-order valence-electron chi connectivity index (χ4n) is 4.46. The molecule has 7 nitrogen and oxygen atoms in total. The van der Waals surface area contributed by atoms with Crippen molar-refractivity contribution in [1.82, 2.24) is 10.0 Å². The molecule has 0 aromatic heterocycles. The summed E-state index contributed by atoms with van der Waals surface area (Å²) in [7, 11) is -3.29. The first-order valence-corrected chi connectivity index (χ1v) is 11.5. The van der Waals surface area contributed by atoms with Crippen LogP contribution >= 0.6 is 12.4 Å². The van der Waals surface area contributed by atoms with Crippen LogP contribution in [0.2, 0.25) is 0 Å². The van der Waals surface area contributed by atoms with E-state index in [1.165, 1.54) is 27.7 Å². The maximum Gasteiger partial charge on any atom is 0.332 e. The Morgan fingerprint density at radius 2 is 1.90 bits per heavy atom. The zero-order chi connectivity index (χ0) is 19.6. The van der Waals surface area contributed by atoms with E-state index >= 15 is 0 Å². The van der Waals surface area contributed by atoms with Gasteiger partial charge in [0.25, 0.3) is 0 Å². The highest BCUT2D eigenvalue weighted by atomic mass is 35.5. The van der Waals surface area contributed by atoms with Crippen LogP contribution in [0.5, 0.6) is 0 Å². The smallest absolute Gasteiger partial charge is 0.310 e. The number of benzene rings is 1. The fourth-order valence-corrected chi connectivity index (χ4v) is 5.46. The van der Waals surface area contributed by atoms with Gasteiger partial charge in [0.2, 0.25) is 9.92 Å². The van der Waals surface area contributed by atoms with Gasteiger partial charge in [0.1, 0.15) is 0 Å². The largest absolute Gasteiger partial charge is 0.332 e. The average Bonchev–Trinajstić information content (AvgIpc) is 3.41. The van der Waals surface area contributed by atoms with Gasteiger partial charge in [-0.2, -0.15) is 6.57 Å². The van der Waals surface area contributed by atoms with E-state index in [1.807, 2.05) is 0 Å². The fraction of sp³-hybridized carbons (Fsp3) is 0.500. The molecule has 1 heterocycles. The molecule has 1 fully saturated rings. The highest BCUT2D eigenvalue weighted by Gasteiger charge is 2.26. The number of amides is 2. The summed E-state index contributed by atoms with van der Waals surface area (Å²) >= 11 is 0. The Kier molecular flexibility index (Phi) is 6.83. The minimum Gasteiger partial charge on any atom is -0.310 e. The van der Waals surface area contributed by atoms with Crippen molar-refractivity contribution in [2.24, 2.45) is 4.47 Å². The van der Waals surface area contributed by atoms with Gasteiger partial charge in [0.15, 0.2) is 4.47 Å². The topological polar surface area (TPSA) is 87.0 Å². The number of hydrogen-bond donors (Lipinski definition) is 3. The van der Waals surface area contributed by atoms with Crippen molar-refractivity contribution in [2.75, 3.05) is 11.9 Å². The number of carbonyl (C=O) groups excluding carboxylic acids is 1. The molecule has 1 saturated heterocycles. The number of fused-ring (bicyclic) bond motifs is 2. The van der Waals surface area contributed by atoms with Gasteiger partial charge in [-0.1, -0.05) is 12.1 Å². The number of hydrogen-bond acceptors (Lipinski definition) is 4. The van der Waals surface area contributed by atoms with Crippen LogP contribution < -0.4 is 15.4 Å². The summed E-state index contributed by atoms with van der Waals surface area (Å²) in [6, 6.07) is 1.82. The number of nitrogens with one attached hydrogen (secondary N) is 3. The molecule has 2 aliphatic carbocycles. The molecule has 29 heavy (non-hydrogen) atoms. The Morgan fingerprint density at radius 3 is 2.48 bits per heavy atom. The molecule has 0 bridgehead atoms. The number of halogens is 1. The Hall–Kier alpha value is -2.08. The second-order valence-corrected chi connectivity index (χ2v) is 9.35. The van der Waals surface area contributed by atoms with Crippen LogP contribution in [0.4, 0.5) is 10.5 Å². The Morgan fingerprint density at radius 1 is 1.21 bits per heavy atom. The quantitative estimate of drug-likeness (QED) is 0.498. The van der Waals surface area contributed by atoms with E-state index in [0.29, 0.717) is 0 Å². The van der Waals surface area contributed by atoms with Crippen LogP contribution in [0, 0.1) is 6.57 Å². The van der Waals surface area contributed by atoms with Gasteiger partial charge >= 0.3 is 6.03 Å². The molecule has 0 radical (unpaired) electrons. The van der Waals surface area contributed by atoms with Crippen LogP contribution in [-0.4, -0.2) is 22.8 Å². The Labute approximate surface area is 178 Å². The first kappa shape index (κ1) is 21.6. The van der Waals surface area contributed by atoms with Gasteiger partial charge in [-0.15, -0.1) is 17.4 Å². The van der Waals surface area contributed by atoms with E-state index < -0.39 is 15.9 Å². The molecular formula is C20H26ClN5O2S. The van der Waals surface area contributed by atoms with Crippen molar-refractivity contribution >= 4 is 34.0 Å². The number of anilines is 1. The van der Waals surface area contributed by atoms with Gasteiger partial charge in [-0.05, 0) is 80.2 Å². The zero-order valence-corrected chi connectivity index (χ0v) is 17.8. The molecule has 1 aromatic carbocycles. The lowest BCUT2D eigenvalue weighted by Crippen LogP contribution is -2.33. The van der Waals surface area contributed by atoms with Crippen LogP contribution in [-0.2, 0) is 35.6 Å². The normalized spacial score (nSPS) is 21.6. The van der Waals surface area contributed by atoms with E-state index in [2.05, 4.69) is 30.8 Å². The van der Waals surface area contributed by atoms with Crippen LogP contribution in [0.1, 0.15) is 47.9 Å². The number of carbonyl (C=O) groups is 1. The Balaban J connectivity index is 0.00000240. The summed E-state index contributed by atoms with van der Waals surface area (Å²) in [4.78, 5) is 15.6. The first-order valence-electron chi connectivity index (χ1n) is 9.88. The van der Waals surface area contributed by atoms with Gasteiger partial charge in [0.05, 0.1) is 0 Å². The summed E-state index contributed by atoms with van der Waals surface area (Å²) in [6.45, 7) is 7.88. The highest BCUT2D eigenvalue weighted by molar-refractivity contribution is 7.95. The van der Waals surface area contributed by atoms with Crippen molar-refractivity contribution in [3.8, 4) is 0 Å². The van der Waals surface area contributed by atoms with Crippen LogP contribution in [0.15, 0.2) is 22.0 Å². The average molecular weight is 436 g/mol. The summed E-state index contributed by atoms with van der Waals surface area (Å²) in [5, 5.41) is 7.56. The molecule has 0 saturated carbocycles. The molecule has 2 atom stereocenters. The van der Waals surface area contributed by atoms with Crippen molar-refractivity contribution in [2.45, 2.75) is 57.4 Å². The molecule has 9 heteroatoms. The van der Waals surface area contributed by atoms with Gasteiger partial charge in [-0.3, -0.25) is 0 Å². The third-order valence-corrected chi connectivity index (χ3v) is 7.03. The minimum absolute atomic E-state index is 0. The zero-order valence-electron chi connectivity index (χ0n) is 16.2. The number of rotatable bonds is 4. The van der Waals surface area contributed by atoms with Crippen molar-refractivity contribution in [1.29, 1.82) is 0 Å². The van der Waals surface area contributed by atoms with E-state index in [9.17, 15) is 9.00 Å². The maximum absolute atomic E-state index is 12.9. The monoisotopic (exact) mass is 435 g/mol. The molecule has 4 rings (SSSR count). The highest BCUT2D eigenvalue weighted by Crippen LogP contribution is 2.38. The lowest BCUT2D eigenvalue weighted by Gasteiger charge is -2.16. The summed E-state index contributed by atoms with van der Waals surface area (Å²) in [5.41, 5.74) is 5.92. The van der Waals surface area contributed by atoms with E-state index in [1.54, 1.807) is 6.08 Å². The number of nitrogens with zero attached hydrogens (tertiary/aromatic N) is 2. The number of urea groups is 1. The van der Waals surface area contributed by atoms with E-state index in [-0.39, 0.29) is 18.4 Å². The standard InChI is InChI=1S/C20H25N5O2S.ClH/c1-21-25-28(27,12-10-16-7-4-11-22-16)24-20(26)23-19-17-8-2-5-14(17)13-15-6-3-9-18(15)19;/h10,12-13,16,22H,2-9,11H2,(H2,23,24,25,26,27);1H/b12-10+;/t16-,28?;/m1./s1. The molecule has 1 aromatic rings. The van der Waals surface area contributed by atoms with Gasteiger partial charge in [0, 0.05) is 17.1 Å². The van der Waals surface area contributed by atoms with Crippen molar-refractivity contribution < 1.29 is 9.00 Å². The molecular weight excluding hydrogens is 410 g/mol.